The Morgan fingerprint density at radius 3 is 2.24 bits per heavy atom. The molecule has 0 amide bonds. The molecular formula is C23H22N6O7S. The molecule has 4 rings (SSSR count). The number of pyridine rings is 2. The summed E-state index contributed by atoms with van der Waals surface area (Å²) in [5, 5.41) is 18.5. The van der Waals surface area contributed by atoms with Crippen LogP contribution in [-0.4, -0.2) is 52.8 Å². The Hall–Kier alpha value is -4.37. The molecule has 37 heavy (non-hydrogen) atoms. The van der Waals surface area contributed by atoms with Gasteiger partial charge in [0.15, 0.2) is 28.2 Å². The fourth-order valence-electron chi connectivity index (χ4n) is 3.11. The summed E-state index contributed by atoms with van der Waals surface area (Å²) in [5.74, 6) is -2.41. The molecule has 0 spiro atoms. The standard InChI is InChI=1S/C23H22N6O7S/c1-34-16-5-3-4-6-17(16)36-19-21(27-20(28-22(19)35-2)14-9-11-25-12-10-14)29-37(32,33)18-8-7-15(13-26-18)23(24,30)31/h3-13,30-31H,24H2,1-2H3,(H,27,28,29). The van der Waals surface area contributed by atoms with Crippen LogP contribution in [0.15, 0.2) is 72.1 Å². The maximum absolute atomic E-state index is 13.2. The smallest absolute Gasteiger partial charge is 0.280 e. The number of anilines is 1. The molecule has 0 atom stereocenters. The van der Waals surface area contributed by atoms with Crippen LogP contribution in [-0.2, 0) is 15.9 Å². The van der Waals surface area contributed by atoms with Gasteiger partial charge in [0, 0.05) is 29.7 Å². The number of nitrogens with two attached hydrogens (primary N) is 1. The lowest BCUT2D eigenvalue weighted by Gasteiger charge is -2.18. The van der Waals surface area contributed by atoms with Crippen molar-refractivity contribution in [2.75, 3.05) is 18.9 Å². The minimum atomic E-state index is -4.36. The third-order valence-corrected chi connectivity index (χ3v) is 6.17. The molecule has 4 aromatic rings. The Bertz CT molecular complexity index is 1490. The lowest BCUT2D eigenvalue weighted by Crippen LogP contribution is -2.35. The first-order valence-corrected chi connectivity index (χ1v) is 12.0. The van der Waals surface area contributed by atoms with Crippen LogP contribution >= 0.6 is 0 Å². The summed E-state index contributed by atoms with van der Waals surface area (Å²) in [6.07, 6.45) is 3.98. The Kier molecular flexibility index (Phi) is 7.17. The molecule has 0 saturated carbocycles. The van der Waals surface area contributed by atoms with E-state index < -0.39 is 21.0 Å². The quantitative estimate of drug-likeness (QED) is 0.231. The Morgan fingerprint density at radius 1 is 0.946 bits per heavy atom. The molecule has 1 aromatic carbocycles. The van der Waals surface area contributed by atoms with E-state index in [1.807, 2.05) is 0 Å². The molecule has 0 aliphatic heterocycles. The van der Waals surface area contributed by atoms with Gasteiger partial charge in [-0.3, -0.25) is 15.4 Å². The fourth-order valence-corrected chi connectivity index (χ4v) is 4.05. The van der Waals surface area contributed by atoms with Crippen LogP contribution in [0.3, 0.4) is 0 Å². The highest BCUT2D eigenvalue weighted by atomic mass is 32.2. The molecule has 0 saturated heterocycles. The minimum absolute atomic E-state index is 0.0674. The van der Waals surface area contributed by atoms with Crippen LogP contribution in [0.2, 0.25) is 0 Å². The predicted octanol–water partition coefficient (Wildman–Crippen LogP) is 1.60. The molecule has 0 aliphatic rings. The second-order valence-corrected chi connectivity index (χ2v) is 9.07. The van der Waals surface area contributed by atoms with Gasteiger partial charge < -0.3 is 24.4 Å². The van der Waals surface area contributed by atoms with Crippen molar-refractivity contribution < 1.29 is 32.8 Å². The topological polar surface area (TPSA) is 192 Å². The van der Waals surface area contributed by atoms with E-state index in [0.29, 0.717) is 11.3 Å². The molecule has 0 aliphatic carbocycles. The van der Waals surface area contributed by atoms with Crippen LogP contribution in [0, 0.1) is 0 Å². The summed E-state index contributed by atoms with van der Waals surface area (Å²) in [7, 11) is -1.57. The summed E-state index contributed by atoms with van der Waals surface area (Å²) in [4.78, 5) is 16.5. The van der Waals surface area contributed by atoms with Crippen LogP contribution in [0.25, 0.3) is 11.4 Å². The van der Waals surface area contributed by atoms with Crippen molar-refractivity contribution in [1.82, 2.24) is 19.9 Å². The van der Waals surface area contributed by atoms with Gasteiger partial charge in [-0.05, 0) is 36.4 Å². The number of rotatable bonds is 9. The molecule has 13 nitrogen and oxygen atoms in total. The zero-order valence-electron chi connectivity index (χ0n) is 19.6. The number of nitrogens with zero attached hydrogens (tertiary/aromatic N) is 4. The number of aromatic nitrogens is 4. The second kappa shape index (κ2) is 10.3. The first-order chi connectivity index (χ1) is 17.6. The van der Waals surface area contributed by atoms with Crippen molar-refractivity contribution in [3.05, 3.63) is 72.7 Å². The number of benzene rings is 1. The number of sulfonamides is 1. The molecule has 0 unspecified atom stereocenters. The highest BCUT2D eigenvalue weighted by Gasteiger charge is 2.27. The van der Waals surface area contributed by atoms with Crippen LogP contribution in [0.4, 0.5) is 5.82 Å². The number of nitrogens with one attached hydrogen (secondary N) is 1. The van der Waals surface area contributed by atoms with Gasteiger partial charge in [-0.25, -0.2) is 9.97 Å². The maximum atomic E-state index is 13.2. The highest BCUT2D eigenvalue weighted by Crippen LogP contribution is 2.41. The molecule has 3 heterocycles. The number of ether oxygens (including phenoxy) is 3. The molecule has 0 bridgehead atoms. The van der Waals surface area contributed by atoms with E-state index in [1.54, 1.807) is 36.4 Å². The fraction of sp³-hybridized carbons (Fsp3) is 0.130. The summed E-state index contributed by atoms with van der Waals surface area (Å²) in [6, 6.07) is 12.1. The van der Waals surface area contributed by atoms with Gasteiger partial charge in [-0.2, -0.15) is 13.4 Å². The van der Waals surface area contributed by atoms with Crippen LogP contribution < -0.4 is 24.7 Å². The number of methoxy groups -OCH3 is 2. The van der Waals surface area contributed by atoms with E-state index in [1.165, 1.54) is 26.6 Å². The van der Waals surface area contributed by atoms with Crippen molar-refractivity contribution >= 4 is 15.8 Å². The van der Waals surface area contributed by atoms with Crippen molar-refractivity contribution in [3.8, 4) is 34.5 Å². The molecule has 192 valence electrons. The molecule has 0 fully saturated rings. The summed E-state index contributed by atoms with van der Waals surface area (Å²) >= 11 is 0. The molecule has 14 heteroatoms. The van der Waals surface area contributed by atoms with Gasteiger partial charge in [0.05, 0.1) is 14.2 Å². The minimum Gasteiger partial charge on any atom is -0.493 e. The third kappa shape index (κ3) is 5.73. The Morgan fingerprint density at radius 2 is 1.65 bits per heavy atom. The first kappa shape index (κ1) is 25.7. The van der Waals surface area contributed by atoms with Gasteiger partial charge in [-0.15, -0.1) is 0 Å². The maximum Gasteiger partial charge on any atom is 0.280 e. The largest absolute Gasteiger partial charge is 0.493 e. The van der Waals surface area contributed by atoms with Crippen LogP contribution in [0.5, 0.6) is 23.1 Å². The number of hydrogen-bond donors (Lipinski definition) is 4. The normalized spacial score (nSPS) is 11.6. The van der Waals surface area contributed by atoms with E-state index in [-0.39, 0.29) is 34.6 Å². The van der Waals surface area contributed by atoms with E-state index in [4.69, 9.17) is 19.9 Å². The van der Waals surface area contributed by atoms with E-state index in [0.717, 1.165) is 18.3 Å². The first-order valence-electron chi connectivity index (χ1n) is 10.5. The van der Waals surface area contributed by atoms with Gasteiger partial charge in [-0.1, -0.05) is 12.1 Å². The van der Waals surface area contributed by atoms with Gasteiger partial charge in [0.2, 0.25) is 11.7 Å². The zero-order valence-corrected chi connectivity index (χ0v) is 20.4. The molecular weight excluding hydrogens is 504 g/mol. The van der Waals surface area contributed by atoms with E-state index >= 15 is 0 Å². The molecule has 5 N–H and O–H groups in total. The average molecular weight is 527 g/mol. The second-order valence-electron chi connectivity index (χ2n) is 7.44. The average Bonchev–Trinajstić information content (AvgIpc) is 2.89. The lowest BCUT2D eigenvalue weighted by molar-refractivity contribution is -0.164. The molecule has 0 radical (unpaired) electrons. The third-order valence-electron chi connectivity index (χ3n) is 4.92. The van der Waals surface area contributed by atoms with Gasteiger partial charge in [0.25, 0.3) is 15.9 Å². The van der Waals surface area contributed by atoms with Gasteiger partial charge >= 0.3 is 0 Å². The van der Waals surface area contributed by atoms with Crippen molar-refractivity contribution in [2.24, 2.45) is 5.73 Å². The summed E-state index contributed by atoms with van der Waals surface area (Å²) in [5.41, 5.74) is 5.52. The van der Waals surface area contributed by atoms with E-state index in [9.17, 15) is 18.6 Å². The van der Waals surface area contributed by atoms with Crippen molar-refractivity contribution in [2.45, 2.75) is 10.9 Å². The zero-order chi connectivity index (χ0) is 26.6. The SMILES string of the molecule is COc1ccccc1Oc1c(NS(=O)(=O)c2ccc(C(N)(O)O)cn2)nc(-c2ccncc2)nc1OC. The number of para-hydroxylation sites is 2. The van der Waals surface area contributed by atoms with E-state index in [2.05, 4.69) is 24.7 Å². The van der Waals surface area contributed by atoms with Crippen molar-refractivity contribution in [1.29, 1.82) is 0 Å². The Labute approximate surface area is 211 Å². The van der Waals surface area contributed by atoms with Crippen molar-refractivity contribution in [3.63, 3.8) is 0 Å². The van der Waals surface area contributed by atoms with Gasteiger partial charge in [0.1, 0.15) is 0 Å². The summed E-state index contributed by atoms with van der Waals surface area (Å²) < 4.78 is 45.5. The predicted molar refractivity (Wildman–Crippen MR) is 130 cm³/mol. The van der Waals surface area contributed by atoms with Crippen LogP contribution in [0.1, 0.15) is 5.56 Å². The monoisotopic (exact) mass is 526 g/mol. The summed E-state index contributed by atoms with van der Waals surface area (Å²) in [6.45, 7) is 0. The highest BCUT2D eigenvalue weighted by molar-refractivity contribution is 7.92. The Balaban J connectivity index is 1.83. The lowest BCUT2D eigenvalue weighted by atomic mass is 10.2. The number of aliphatic hydroxyl groups is 2. The molecule has 3 aromatic heterocycles. The number of hydrogen-bond acceptors (Lipinski definition) is 12.